The largest absolute Gasteiger partial charge is 0.507 e. The van der Waals surface area contributed by atoms with Crippen LogP contribution in [0, 0.1) is 0 Å². The molecule has 4 nitrogen and oxygen atoms in total. The van der Waals surface area contributed by atoms with Crippen LogP contribution in [0.25, 0.3) is 0 Å². The first-order valence-electron chi connectivity index (χ1n) is 7.29. The van der Waals surface area contributed by atoms with E-state index in [-0.39, 0.29) is 23.4 Å². The van der Waals surface area contributed by atoms with Crippen LogP contribution in [0.4, 0.5) is 0 Å². The second-order valence-corrected chi connectivity index (χ2v) is 5.47. The lowest BCUT2D eigenvalue weighted by atomic mass is 9.95. The zero-order valence-corrected chi connectivity index (χ0v) is 12.3. The summed E-state index contributed by atoms with van der Waals surface area (Å²) >= 11 is 0. The number of hydrogen-bond acceptors (Lipinski definition) is 3. The first-order chi connectivity index (χ1) is 10.6. The molecule has 1 aliphatic carbocycles. The minimum atomic E-state index is -0.244. The van der Waals surface area contributed by atoms with Crippen molar-refractivity contribution in [3.63, 3.8) is 0 Å². The van der Waals surface area contributed by atoms with Gasteiger partial charge in [-0.25, -0.2) is 0 Å². The lowest BCUT2D eigenvalue weighted by Gasteiger charge is -2.12. The molecule has 0 heterocycles. The lowest BCUT2D eigenvalue weighted by Crippen LogP contribution is -2.24. The highest BCUT2D eigenvalue weighted by molar-refractivity contribution is 6.11. The second kappa shape index (κ2) is 5.64. The summed E-state index contributed by atoms with van der Waals surface area (Å²) in [6.45, 7) is 0. The van der Waals surface area contributed by atoms with Crippen molar-refractivity contribution >= 4 is 11.7 Å². The van der Waals surface area contributed by atoms with Gasteiger partial charge in [-0.1, -0.05) is 30.3 Å². The molecular formula is C18H17NO3. The molecule has 1 amide bonds. The molecule has 4 heteroatoms. The highest BCUT2D eigenvalue weighted by atomic mass is 16.3. The zero-order valence-electron chi connectivity index (χ0n) is 12.3. The van der Waals surface area contributed by atoms with Crippen LogP contribution >= 0.6 is 0 Å². The summed E-state index contributed by atoms with van der Waals surface area (Å²) in [7, 11) is 1.60. The molecule has 2 aromatic rings. The van der Waals surface area contributed by atoms with Crippen LogP contribution in [0.15, 0.2) is 42.5 Å². The minimum Gasteiger partial charge on any atom is -0.507 e. The van der Waals surface area contributed by atoms with E-state index in [0.717, 1.165) is 17.5 Å². The van der Waals surface area contributed by atoms with Gasteiger partial charge in [-0.15, -0.1) is 0 Å². The molecule has 1 atom stereocenters. The third kappa shape index (κ3) is 2.37. The Morgan fingerprint density at radius 2 is 1.91 bits per heavy atom. The molecule has 0 spiro atoms. The lowest BCUT2D eigenvalue weighted by molar-refractivity contribution is -0.122. The fraction of sp³-hybridized carbons (Fsp3) is 0.222. The number of ketones is 1. The van der Waals surface area contributed by atoms with Gasteiger partial charge in [-0.2, -0.15) is 0 Å². The predicted molar refractivity (Wildman–Crippen MR) is 83.1 cm³/mol. The van der Waals surface area contributed by atoms with Crippen molar-refractivity contribution in [1.29, 1.82) is 0 Å². The van der Waals surface area contributed by atoms with Crippen molar-refractivity contribution in [2.45, 2.75) is 18.8 Å². The number of aromatic hydroxyl groups is 1. The predicted octanol–water partition coefficient (Wildman–Crippen LogP) is 2.40. The fourth-order valence-electron chi connectivity index (χ4n) is 3.02. The van der Waals surface area contributed by atoms with E-state index >= 15 is 0 Å². The Hall–Kier alpha value is -2.62. The number of nitrogens with one attached hydrogen (secondary N) is 1. The van der Waals surface area contributed by atoms with Crippen LogP contribution in [-0.2, 0) is 11.2 Å². The SMILES string of the molecule is CNC(=O)C1CCc2cc(C(=O)c3ccccc3)c(O)cc21. The third-order valence-corrected chi connectivity index (χ3v) is 4.18. The van der Waals surface area contributed by atoms with E-state index in [2.05, 4.69) is 5.32 Å². The van der Waals surface area contributed by atoms with Crippen molar-refractivity contribution in [3.05, 3.63) is 64.7 Å². The number of aryl methyl sites for hydroxylation is 1. The molecule has 0 radical (unpaired) electrons. The monoisotopic (exact) mass is 295 g/mol. The summed E-state index contributed by atoms with van der Waals surface area (Å²) in [5, 5.41) is 12.9. The van der Waals surface area contributed by atoms with Crippen LogP contribution in [0.3, 0.4) is 0 Å². The molecule has 112 valence electrons. The van der Waals surface area contributed by atoms with Gasteiger partial charge in [0, 0.05) is 12.6 Å². The van der Waals surface area contributed by atoms with Gasteiger partial charge in [0.25, 0.3) is 0 Å². The molecule has 0 fully saturated rings. The fourth-order valence-corrected chi connectivity index (χ4v) is 3.02. The summed E-state index contributed by atoms with van der Waals surface area (Å²) in [5.41, 5.74) is 2.62. The van der Waals surface area contributed by atoms with E-state index in [0.29, 0.717) is 17.5 Å². The molecule has 2 aromatic carbocycles. The number of benzene rings is 2. The van der Waals surface area contributed by atoms with E-state index in [4.69, 9.17) is 0 Å². The number of phenolic OH excluding ortho intramolecular Hbond substituents is 1. The molecule has 0 aromatic heterocycles. The maximum absolute atomic E-state index is 12.5. The molecule has 0 aliphatic heterocycles. The molecular weight excluding hydrogens is 278 g/mol. The van der Waals surface area contributed by atoms with Crippen LogP contribution < -0.4 is 5.32 Å². The number of likely N-dealkylation sites (N-methyl/N-ethyl adjacent to an activating group) is 1. The van der Waals surface area contributed by atoms with Crippen LogP contribution in [-0.4, -0.2) is 23.8 Å². The van der Waals surface area contributed by atoms with E-state index in [1.54, 1.807) is 43.4 Å². The molecule has 2 N–H and O–H groups in total. The van der Waals surface area contributed by atoms with Crippen molar-refractivity contribution in [3.8, 4) is 5.75 Å². The molecule has 0 saturated carbocycles. The van der Waals surface area contributed by atoms with Crippen LogP contribution in [0.2, 0.25) is 0 Å². The van der Waals surface area contributed by atoms with Crippen LogP contribution in [0.1, 0.15) is 39.4 Å². The smallest absolute Gasteiger partial charge is 0.227 e. The topological polar surface area (TPSA) is 66.4 Å². The van der Waals surface area contributed by atoms with E-state index in [1.165, 1.54) is 0 Å². The molecule has 1 unspecified atom stereocenters. The van der Waals surface area contributed by atoms with Gasteiger partial charge in [0.1, 0.15) is 5.75 Å². The van der Waals surface area contributed by atoms with Crippen molar-refractivity contribution in [2.75, 3.05) is 7.05 Å². The standard InChI is InChI=1S/C18H17NO3/c1-19-18(22)13-8-7-12-9-15(16(20)10-14(12)13)17(21)11-5-3-2-4-6-11/h2-6,9-10,13,20H,7-8H2,1H3,(H,19,22). The summed E-state index contributed by atoms with van der Waals surface area (Å²) in [5.74, 6) is -0.570. The quantitative estimate of drug-likeness (QED) is 0.855. The van der Waals surface area contributed by atoms with Crippen molar-refractivity contribution in [2.24, 2.45) is 0 Å². The number of carbonyl (C=O) groups is 2. The minimum absolute atomic E-state index is 0.0553. The highest BCUT2D eigenvalue weighted by Gasteiger charge is 2.30. The summed E-state index contributed by atoms with van der Waals surface area (Å²) in [6, 6.07) is 12.2. The number of carbonyl (C=O) groups excluding carboxylic acids is 2. The van der Waals surface area contributed by atoms with Gasteiger partial charge >= 0.3 is 0 Å². The van der Waals surface area contributed by atoms with Gasteiger partial charge in [0.05, 0.1) is 11.5 Å². The summed E-state index contributed by atoms with van der Waals surface area (Å²) < 4.78 is 0. The Morgan fingerprint density at radius 3 is 2.59 bits per heavy atom. The maximum atomic E-state index is 12.5. The third-order valence-electron chi connectivity index (χ3n) is 4.18. The highest BCUT2D eigenvalue weighted by Crippen LogP contribution is 2.37. The second-order valence-electron chi connectivity index (χ2n) is 5.47. The zero-order chi connectivity index (χ0) is 15.7. The molecule has 0 saturated heterocycles. The average Bonchev–Trinajstić information content (AvgIpc) is 2.96. The van der Waals surface area contributed by atoms with Crippen molar-refractivity contribution in [1.82, 2.24) is 5.32 Å². The van der Waals surface area contributed by atoms with Gasteiger partial charge in [-0.3, -0.25) is 9.59 Å². The Kier molecular flexibility index (Phi) is 3.67. The van der Waals surface area contributed by atoms with Gasteiger partial charge in [-0.05, 0) is 36.1 Å². The normalized spacial score (nSPS) is 16.1. The number of hydrogen-bond donors (Lipinski definition) is 2. The first kappa shape index (κ1) is 14.3. The number of fused-ring (bicyclic) bond motifs is 1. The number of phenols is 1. The maximum Gasteiger partial charge on any atom is 0.227 e. The number of amides is 1. The van der Waals surface area contributed by atoms with Crippen LogP contribution in [0.5, 0.6) is 5.75 Å². The number of rotatable bonds is 3. The Balaban J connectivity index is 2.00. The van der Waals surface area contributed by atoms with Crippen molar-refractivity contribution < 1.29 is 14.7 Å². The molecule has 0 bridgehead atoms. The summed E-state index contributed by atoms with van der Waals surface area (Å²) in [6.07, 6.45) is 1.44. The van der Waals surface area contributed by atoms with Gasteiger partial charge in [0.15, 0.2) is 5.78 Å². The molecule has 22 heavy (non-hydrogen) atoms. The van der Waals surface area contributed by atoms with E-state index < -0.39 is 0 Å². The Morgan fingerprint density at radius 1 is 1.18 bits per heavy atom. The van der Waals surface area contributed by atoms with E-state index in [9.17, 15) is 14.7 Å². The Bertz CT molecular complexity index is 737. The summed E-state index contributed by atoms with van der Waals surface area (Å²) in [4.78, 5) is 24.4. The Labute approximate surface area is 128 Å². The van der Waals surface area contributed by atoms with Gasteiger partial charge in [0.2, 0.25) is 5.91 Å². The van der Waals surface area contributed by atoms with E-state index in [1.807, 2.05) is 6.07 Å². The molecule has 3 rings (SSSR count). The van der Waals surface area contributed by atoms with Gasteiger partial charge < -0.3 is 10.4 Å². The molecule has 1 aliphatic rings. The average molecular weight is 295 g/mol. The first-order valence-corrected chi connectivity index (χ1v) is 7.29.